The van der Waals surface area contributed by atoms with Crippen LogP contribution in [0.15, 0.2) is 16.7 Å². The van der Waals surface area contributed by atoms with Gasteiger partial charge in [0.2, 0.25) is 0 Å². The van der Waals surface area contributed by atoms with Gasteiger partial charge in [-0.3, -0.25) is 0 Å². The summed E-state index contributed by atoms with van der Waals surface area (Å²) in [7, 11) is 0. The predicted octanol–water partition coefficient (Wildman–Crippen LogP) is 3.09. The summed E-state index contributed by atoms with van der Waals surface area (Å²) in [6.45, 7) is 0.0879. The van der Waals surface area contributed by atoms with Crippen molar-refractivity contribution >= 4 is 38.9 Å². The third-order valence-corrected chi connectivity index (χ3v) is 3.68. The van der Waals surface area contributed by atoms with Gasteiger partial charge in [-0.2, -0.15) is 0 Å². The zero-order chi connectivity index (χ0) is 10.8. The van der Waals surface area contributed by atoms with E-state index in [9.17, 15) is 0 Å². The molecule has 2 aromatic heterocycles. The summed E-state index contributed by atoms with van der Waals surface area (Å²) in [5.41, 5.74) is 0.843. The highest BCUT2D eigenvalue weighted by atomic mass is 79.9. The van der Waals surface area contributed by atoms with Crippen LogP contribution in [0.4, 0.5) is 0 Å². The van der Waals surface area contributed by atoms with Crippen molar-refractivity contribution in [3.05, 3.63) is 26.9 Å². The fourth-order valence-corrected chi connectivity index (χ4v) is 2.93. The average molecular weight is 308 g/mol. The number of H-pyrrole nitrogens is 1. The summed E-state index contributed by atoms with van der Waals surface area (Å²) in [5.74, 6) is 0.767. The normalized spacial score (nSPS) is 10.9. The van der Waals surface area contributed by atoms with Crippen LogP contribution in [0.3, 0.4) is 0 Å². The lowest BCUT2D eigenvalue weighted by molar-refractivity contribution is 0.297. The van der Waals surface area contributed by atoms with E-state index in [0.717, 1.165) is 25.3 Å². The van der Waals surface area contributed by atoms with Gasteiger partial charge in [0.25, 0.3) is 0 Å². The van der Waals surface area contributed by atoms with E-state index in [4.69, 9.17) is 16.7 Å². The number of hydrogen-bond donors (Lipinski definition) is 2. The molecule has 2 N–H and O–H groups in total. The number of halogens is 2. The van der Waals surface area contributed by atoms with Gasteiger partial charge < -0.3 is 10.1 Å². The second-order valence-corrected chi connectivity index (χ2v) is 5.43. The van der Waals surface area contributed by atoms with Gasteiger partial charge in [-0.15, -0.1) is 11.3 Å². The highest BCUT2D eigenvalue weighted by molar-refractivity contribution is 9.10. The fraction of sp³-hybridized carbons (Fsp3) is 0.222. The number of imidazole rings is 1. The van der Waals surface area contributed by atoms with Gasteiger partial charge in [0.05, 0.1) is 15.8 Å². The zero-order valence-corrected chi connectivity index (χ0v) is 10.8. The number of hydrogen-bond acceptors (Lipinski definition) is 3. The molecule has 0 fully saturated rings. The summed E-state index contributed by atoms with van der Waals surface area (Å²) in [6.07, 6.45) is 0.526. The number of aliphatic hydroxyl groups excluding tert-OH is 1. The molecule has 2 rings (SSSR count). The molecule has 0 aliphatic heterocycles. The van der Waals surface area contributed by atoms with Gasteiger partial charge in [-0.05, 0) is 28.1 Å². The second-order valence-electron chi connectivity index (χ2n) is 2.92. The molecule has 0 bridgehead atoms. The monoisotopic (exact) mass is 306 g/mol. The van der Waals surface area contributed by atoms with Gasteiger partial charge in [-0.25, -0.2) is 4.98 Å². The highest BCUT2D eigenvalue weighted by Crippen LogP contribution is 2.33. The van der Waals surface area contributed by atoms with Gasteiger partial charge in [-0.1, -0.05) is 11.6 Å². The molecule has 0 aromatic carbocycles. The maximum absolute atomic E-state index is 8.80. The molecule has 2 heterocycles. The minimum Gasteiger partial charge on any atom is -0.396 e. The molecule has 3 nitrogen and oxygen atoms in total. The average Bonchev–Trinajstić information content (AvgIpc) is 2.73. The zero-order valence-electron chi connectivity index (χ0n) is 7.63. The molecule has 0 aliphatic rings. The number of thiophene rings is 1. The van der Waals surface area contributed by atoms with Gasteiger partial charge in [0, 0.05) is 6.42 Å². The first-order chi connectivity index (χ1) is 7.20. The second kappa shape index (κ2) is 4.65. The summed E-state index contributed by atoms with van der Waals surface area (Å²) < 4.78 is 1.56. The lowest BCUT2D eigenvalue weighted by Crippen LogP contribution is -1.92. The predicted molar refractivity (Wildman–Crippen MR) is 65.4 cm³/mol. The first-order valence-corrected chi connectivity index (χ1v) is 6.30. The van der Waals surface area contributed by atoms with Crippen LogP contribution >= 0.6 is 38.9 Å². The van der Waals surface area contributed by atoms with Crippen molar-refractivity contribution in [2.45, 2.75) is 6.42 Å². The molecule has 0 amide bonds. The van der Waals surface area contributed by atoms with Crippen molar-refractivity contribution in [1.82, 2.24) is 9.97 Å². The molecule has 0 aliphatic carbocycles. The van der Waals surface area contributed by atoms with Crippen LogP contribution in [-0.2, 0) is 6.42 Å². The fourth-order valence-electron chi connectivity index (χ4n) is 1.23. The van der Waals surface area contributed by atoms with Gasteiger partial charge >= 0.3 is 0 Å². The van der Waals surface area contributed by atoms with E-state index in [1.807, 2.05) is 12.1 Å². The minimum absolute atomic E-state index is 0.0879. The van der Waals surface area contributed by atoms with E-state index in [2.05, 4.69) is 25.9 Å². The standard InChI is InChI=1S/C9H8BrClN2OS/c10-9-8(5-1-2-6(11)15-5)12-7(13-9)3-4-14/h1-2,14H,3-4H2,(H,12,13). The van der Waals surface area contributed by atoms with Crippen molar-refractivity contribution in [3.63, 3.8) is 0 Å². The van der Waals surface area contributed by atoms with E-state index in [0.29, 0.717) is 6.42 Å². The summed E-state index contributed by atoms with van der Waals surface area (Å²) in [6, 6.07) is 3.77. The molecular formula is C9H8BrClN2OS. The summed E-state index contributed by atoms with van der Waals surface area (Å²) in [4.78, 5) is 8.44. The van der Waals surface area contributed by atoms with E-state index < -0.39 is 0 Å². The maximum atomic E-state index is 8.80. The summed E-state index contributed by atoms with van der Waals surface area (Å²) >= 11 is 10.7. The van der Waals surface area contributed by atoms with E-state index in [1.165, 1.54) is 11.3 Å². The summed E-state index contributed by atoms with van der Waals surface area (Å²) in [5, 5.41) is 8.80. The smallest absolute Gasteiger partial charge is 0.113 e. The highest BCUT2D eigenvalue weighted by Gasteiger charge is 2.11. The van der Waals surface area contributed by atoms with E-state index >= 15 is 0 Å². The molecule has 0 saturated carbocycles. The Balaban J connectivity index is 2.35. The molecule has 0 atom stereocenters. The number of aromatic nitrogens is 2. The van der Waals surface area contributed by atoms with Crippen LogP contribution in [0.1, 0.15) is 5.82 Å². The number of nitrogens with one attached hydrogen (secondary N) is 1. The number of aromatic amines is 1. The van der Waals surface area contributed by atoms with Crippen LogP contribution < -0.4 is 0 Å². The maximum Gasteiger partial charge on any atom is 0.113 e. The first-order valence-electron chi connectivity index (χ1n) is 4.31. The lowest BCUT2D eigenvalue weighted by Gasteiger charge is -1.89. The Morgan fingerprint density at radius 2 is 2.33 bits per heavy atom. The van der Waals surface area contributed by atoms with Crippen molar-refractivity contribution < 1.29 is 5.11 Å². The van der Waals surface area contributed by atoms with Gasteiger partial charge in [0.1, 0.15) is 16.1 Å². The Bertz CT molecular complexity index is 468. The minimum atomic E-state index is 0.0879. The number of nitrogens with zero attached hydrogens (tertiary/aromatic N) is 1. The Morgan fingerprint density at radius 1 is 1.53 bits per heavy atom. The molecule has 15 heavy (non-hydrogen) atoms. The largest absolute Gasteiger partial charge is 0.396 e. The van der Waals surface area contributed by atoms with E-state index in [-0.39, 0.29) is 6.61 Å². The van der Waals surface area contributed by atoms with Crippen LogP contribution in [0.5, 0.6) is 0 Å². The number of rotatable bonds is 3. The Labute approximate surface area is 104 Å². The van der Waals surface area contributed by atoms with Crippen LogP contribution in [0.25, 0.3) is 10.6 Å². The molecule has 80 valence electrons. The van der Waals surface area contributed by atoms with Crippen molar-refractivity contribution in [2.24, 2.45) is 0 Å². The molecular weight excluding hydrogens is 300 g/mol. The van der Waals surface area contributed by atoms with Crippen molar-refractivity contribution in [2.75, 3.05) is 6.61 Å². The van der Waals surface area contributed by atoms with E-state index in [1.54, 1.807) is 0 Å². The molecule has 2 aromatic rings. The van der Waals surface area contributed by atoms with Crippen molar-refractivity contribution in [1.29, 1.82) is 0 Å². The molecule has 6 heteroatoms. The Kier molecular flexibility index (Phi) is 3.45. The SMILES string of the molecule is OCCc1nc(-c2ccc(Cl)s2)c(Br)[nH]1. The number of aliphatic hydroxyl groups is 1. The topological polar surface area (TPSA) is 48.9 Å². The molecule has 0 spiro atoms. The van der Waals surface area contributed by atoms with Crippen LogP contribution in [-0.4, -0.2) is 21.7 Å². The van der Waals surface area contributed by atoms with Crippen LogP contribution in [0.2, 0.25) is 4.34 Å². The lowest BCUT2D eigenvalue weighted by atomic mass is 10.4. The first kappa shape index (κ1) is 11.1. The quantitative estimate of drug-likeness (QED) is 0.915. The molecule has 0 unspecified atom stereocenters. The van der Waals surface area contributed by atoms with Crippen LogP contribution in [0, 0.1) is 0 Å². The Morgan fingerprint density at radius 3 is 2.93 bits per heavy atom. The van der Waals surface area contributed by atoms with Crippen molar-refractivity contribution in [3.8, 4) is 10.6 Å². The third-order valence-electron chi connectivity index (χ3n) is 1.86. The Hall–Kier alpha value is -0.360. The molecule has 0 saturated heterocycles. The molecule has 0 radical (unpaired) electrons. The third kappa shape index (κ3) is 2.42. The van der Waals surface area contributed by atoms with Gasteiger partial charge in [0.15, 0.2) is 0 Å².